The molecule has 0 fully saturated rings. The van der Waals surface area contributed by atoms with E-state index in [1.54, 1.807) is 16.8 Å². The molecule has 0 unspecified atom stereocenters. The predicted molar refractivity (Wildman–Crippen MR) is 139 cm³/mol. The Morgan fingerprint density at radius 3 is 2.61 bits per heavy atom. The van der Waals surface area contributed by atoms with Crippen molar-refractivity contribution in [2.75, 3.05) is 18.5 Å². The van der Waals surface area contributed by atoms with Gasteiger partial charge in [-0.15, -0.1) is 0 Å². The van der Waals surface area contributed by atoms with E-state index in [-0.39, 0.29) is 5.91 Å². The number of hydrogen-bond acceptors (Lipinski definition) is 5. The molecule has 2 aromatic heterocycles. The van der Waals surface area contributed by atoms with E-state index >= 15 is 0 Å². The van der Waals surface area contributed by atoms with E-state index in [4.69, 9.17) is 26.1 Å². The summed E-state index contributed by atoms with van der Waals surface area (Å²) in [7, 11) is 0. The van der Waals surface area contributed by atoms with Crippen LogP contribution in [0, 0.1) is 0 Å². The van der Waals surface area contributed by atoms with Gasteiger partial charge in [-0.25, -0.2) is 4.98 Å². The number of amides is 1. The molecule has 3 aromatic carbocycles. The lowest BCUT2D eigenvalue weighted by molar-refractivity contribution is 0.102. The van der Waals surface area contributed by atoms with Gasteiger partial charge in [0.25, 0.3) is 5.91 Å². The Bertz CT molecular complexity index is 1580. The first-order chi connectivity index (χ1) is 17.6. The van der Waals surface area contributed by atoms with Gasteiger partial charge in [-0.2, -0.15) is 5.10 Å². The zero-order valence-corrected chi connectivity index (χ0v) is 19.9. The van der Waals surface area contributed by atoms with Crippen molar-refractivity contribution in [1.29, 1.82) is 0 Å². The minimum absolute atomic E-state index is 0.260. The normalized spacial score (nSPS) is 12.5. The van der Waals surface area contributed by atoms with Crippen molar-refractivity contribution in [3.8, 4) is 22.8 Å². The smallest absolute Gasteiger partial charge is 0.257 e. The summed E-state index contributed by atoms with van der Waals surface area (Å²) in [4.78, 5) is 18.2. The summed E-state index contributed by atoms with van der Waals surface area (Å²) in [6.45, 7) is 1.60. The molecular weight excluding hydrogens is 476 g/mol. The largest absolute Gasteiger partial charge is 0.486 e. The van der Waals surface area contributed by atoms with Gasteiger partial charge in [-0.05, 0) is 48.0 Å². The fraction of sp³-hybridized carbons (Fsp3) is 0.107. The van der Waals surface area contributed by atoms with Crippen LogP contribution in [0.15, 0.2) is 85.1 Å². The van der Waals surface area contributed by atoms with Crippen LogP contribution in [0.4, 0.5) is 5.82 Å². The monoisotopic (exact) mass is 496 g/mol. The second-order valence-corrected chi connectivity index (χ2v) is 8.85. The van der Waals surface area contributed by atoms with Crippen LogP contribution in [-0.4, -0.2) is 33.9 Å². The zero-order chi connectivity index (χ0) is 24.5. The molecule has 1 N–H and O–H groups in total. The maximum atomic E-state index is 13.4. The molecule has 0 saturated heterocycles. The zero-order valence-electron chi connectivity index (χ0n) is 19.1. The van der Waals surface area contributed by atoms with Crippen molar-refractivity contribution in [2.45, 2.75) is 6.54 Å². The maximum absolute atomic E-state index is 13.4. The molecule has 1 aliphatic rings. The van der Waals surface area contributed by atoms with E-state index < -0.39 is 0 Å². The third-order valence-electron chi connectivity index (χ3n) is 5.94. The highest BCUT2D eigenvalue weighted by Crippen LogP contribution is 2.35. The lowest BCUT2D eigenvalue weighted by Crippen LogP contribution is -2.15. The highest BCUT2D eigenvalue weighted by Gasteiger charge is 2.17. The number of carbonyl (C=O) groups excluding carboxylic acids is 1. The molecule has 5 aromatic rings. The van der Waals surface area contributed by atoms with Crippen molar-refractivity contribution in [3.05, 3.63) is 101 Å². The molecule has 8 heteroatoms. The number of pyridine rings is 1. The van der Waals surface area contributed by atoms with E-state index in [2.05, 4.69) is 10.4 Å². The van der Waals surface area contributed by atoms with Crippen molar-refractivity contribution >= 4 is 34.2 Å². The van der Waals surface area contributed by atoms with E-state index in [1.165, 1.54) is 0 Å². The molecule has 1 aliphatic heterocycles. The Morgan fingerprint density at radius 1 is 0.944 bits per heavy atom. The average molecular weight is 497 g/mol. The SMILES string of the molecule is O=C(Nc1ccn(Cc2ccc(Cl)cc2)n1)c1cc(-c2ccc3c(c2)OCCO3)nc2ccccc12. The fourth-order valence-corrected chi connectivity index (χ4v) is 4.32. The number of nitrogens with one attached hydrogen (secondary N) is 1. The maximum Gasteiger partial charge on any atom is 0.257 e. The topological polar surface area (TPSA) is 78.3 Å². The van der Waals surface area contributed by atoms with Gasteiger partial charge in [-0.1, -0.05) is 41.9 Å². The number of ether oxygens (including phenoxy) is 2. The Hall–Kier alpha value is -4.36. The average Bonchev–Trinajstić information content (AvgIpc) is 3.35. The molecule has 0 bridgehead atoms. The van der Waals surface area contributed by atoms with Crippen LogP contribution in [0.2, 0.25) is 5.02 Å². The third kappa shape index (κ3) is 4.48. The van der Waals surface area contributed by atoms with Crippen molar-refractivity contribution in [2.24, 2.45) is 0 Å². The van der Waals surface area contributed by atoms with Gasteiger partial charge >= 0.3 is 0 Å². The molecule has 0 radical (unpaired) electrons. The number of nitrogens with zero attached hydrogens (tertiary/aromatic N) is 3. The minimum Gasteiger partial charge on any atom is -0.486 e. The summed E-state index contributed by atoms with van der Waals surface area (Å²) in [5.41, 5.74) is 3.81. The number of aromatic nitrogens is 3. The van der Waals surface area contributed by atoms with Gasteiger partial charge in [0.15, 0.2) is 17.3 Å². The molecule has 0 atom stereocenters. The molecule has 1 amide bonds. The molecule has 0 spiro atoms. The van der Waals surface area contributed by atoms with Gasteiger partial charge in [0.1, 0.15) is 13.2 Å². The second kappa shape index (κ2) is 9.36. The summed E-state index contributed by atoms with van der Waals surface area (Å²) in [5, 5.41) is 8.89. The van der Waals surface area contributed by atoms with E-state index in [9.17, 15) is 4.79 Å². The summed E-state index contributed by atoms with van der Waals surface area (Å²) < 4.78 is 13.1. The van der Waals surface area contributed by atoms with Crippen LogP contribution in [-0.2, 0) is 6.54 Å². The molecule has 7 nitrogen and oxygen atoms in total. The number of carbonyl (C=O) groups is 1. The number of benzene rings is 3. The van der Waals surface area contributed by atoms with Gasteiger partial charge in [-0.3, -0.25) is 9.48 Å². The fourth-order valence-electron chi connectivity index (χ4n) is 4.19. The molecule has 178 valence electrons. The van der Waals surface area contributed by atoms with E-state index in [1.807, 2.05) is 72.9 Å². The Balaban J connectivity index is 1.29. The van der Waals surface area contributed by atoms with Crippen LogP contribution >= 0.6 is 11.6 Å². The number of para-hydroxylation sites is 1. The van der Waals surface area contributed by atoms with Crippen molar-refractivity contribution in [3.63, 3.8) is 0 Å². The summed E-state index contributed by atoms with van der Waals surface area (Å²) in [6.07, 6.45) is 1.83. The van der Waals surface area contributed by atoms with Crippen LogP contribution in [0.5, 0.6) is 11.5 Å². The lowest BCUT2D eigenvalue weighted by Gasteiger charge is -2.19. The molecule has 0 aliphatic carbocycles. The third-order valence-corrected chi connectivity index (χ3v) is 6.19. The number of fused-ring (bicyclic) bond motifs is 2. The van der Waals surface area contributed by atoms with Crippen molar-refractivity contribution in [1.82, 2.24) is 14.8 Å². The first-order valence-electron chi connectivity index (χ1n) is 11.5. The number of rotatable bonds is 5. The molecule has 0 saturated carbocycles. The Morgan fingerprint density at radius 2 is 1.75 bits per heavy atom. The summed E-state index contributed by atoms with van der Waals surface area (Å²) in [5.74, 6) is 1.59. The Kier molecular flexibility index (Phi) is 5.75. The van der Waals surface area contributed by atoms with Gasteiger partial charge in [0.2, 0.25) is 0 Å². The molecule has 36 heavy (non-hydrogen) atoms. The first kappa shape index (κ1) is 22.1. The second-order valence-electron chi connectivity index (χ2n) is 8.41. The van der Waals surface area contributed by atoms with Gasteiger partial charge < -0.3 is 14.8 Å². The molecule has 3 heterocycles. The van der Waals surface area contributed by atoms with Crippen LogP contribution in [0.1, 0.15) is 15.9 Å². The number of halogens is 1. The molecule has 6 rings (SSSR count). The minimum atomic E-state index is -0.260. The van der Waals surface area contributed by atoms with Crippen LogP contribution < -0.4 is 14.8 Å². The van der Waals surface area contributed by atoms with Gasteiger partial charge in [0, 0.05) is 28.2 Å². The van der Waals surface area contributed by atoms with Crippen molar-refractivity contribution < 1.29 is 14.3 Å². The summed E-state index contributed by atoms with van der Waals surface area (Å²) >= 11 is 5.97. The Labute approximate surface area is 212 Å². The van der Waals surface area contributed by atoms with Crippen LogP contribution in [0.3, 0.4) is 0 Å². The molecular formula is C28H21ClN4O3. The standard InChI is InChI=1S/C28H21ClN4O3/c29-20-8-5-18(6-9-20)17-33-12-11-27(32-33)31-28(34)22-16-24(30-23-4-2-1-3-21(22)23)19-7-10-25-26(15-19)36-14-13-35-25/h1-12,15-16H,13-14,17H2,(H,31,32,34). The quantitative estimate of drug-likeness (QED) is 0.331. The first-order valence-corrected chi connectivity index (χ1v) is 11.9. The van der Waals surface area contributed by atoms with Gasteiger partial charge in [0.05, 0.1) is 23.3 Å². The number of anilines is 1. The van der Waals surface area contributed by atoms with E-state index in [0.29, 0.717) is 53.4 Å². The predicted octanol–water partition coefficient (Wildman–Crippen LogP) is 5.82. The van der Waals surface area contributed by atoms with Crippen LogP contribution in [0.25, 0.3) is 22.2 Å². The highest BCUT2D eigenvalue weighted by molar-refractivity contribution is 6.30. The van der Waals surface area contributed by atoms with E-state index in [0.717, 1.165) is 22.0 Å². The highest BCUT2D eigenvalue weighted by atomic mass is 35.5. The summed E-state index contributed by atoms with van der Waals surface area (Å²) in [6, 6.07) is 24.4. The number of hydrogen-bond donors (Lipinski definition) is 1. The lowest BCUT2D eigenvalue weighted by atomic mass is 10.0.